The van der Waals surface area contributed by atoms with E-state index in [9.17, 15) is 14.0 Å². The molecule has 5 nitrogen and oxygen atoms in total. The van der Waals surface area contributed by atoms with Gasteiger partial charge in [-0.2, -0.15) is 0 Å². The normalized spacial score (nSPS) is 17.9. The molecule has 0 atom stereocenters. The molecule has 0 radical (unpaired) electrons. The molecule has 0 unspecified atom stereocenters. The van der Waals surface area contributed by atoms with Crippen molar-refractivity contribution in [1.29, 1.82) is 0 Å². The van der Waals surface area contributed by atoms with Gasteiger partial charge in [0.25, 0.3) is 5.91 Å². The summed E-state index contributed by atoms with van der Waals surface area (Å²) in [6.45, 7) is 3.81. The Kier molecular flexibility index (Phi) is 5.99. The standard InChI is InChI=1S/C23H26FN3O2S/c1-2-17-6-5-7-18(16-17)25-22(29)26-12-10-23(11-13-26)27(14-15-30-23)21(28)19-8-3-4-9-20(19)24/h3-9,16H,2,10-15H2,1H3,(H,25,29). The lowest BCUT2D eigenvalue weighted by molar-refractivity contribution is 0.0581. The Labute approximate surface area is 180 Å². The molecule has 3 amide bonds. The molecule has 2 aromatic carbocycles. The number of hydrogen-bond donors (Lipinski definition) is 1. The third kappa shape index (κ3) is 4.03. The number of benzene rings is 2. The number of hydrogen-bond acceptors (Lipinski definition) is 3. The van der Waals surface area contributed by atoms with E-state index in [1.165, 1.54) is 11.6 Å². The summed E-state index contributed by atoms with van der Waals surface area (Å²) in [5, 5.41) is 2.98. The van der Waals surface area contributed by atoms with E-state index in [0.29, 0.717) is 32.5 Å². The van der Waals surface area contributed by atoms with Crippen molar-refractivity contribution in [3.8, 4) is 0 Å². The van der Waals surface area contributed by atoms with Gasteiger partial charge in [0.05, 0.1) is 10.4 Å². The zero-order valence-electron chi connectivity index (χ0n) is 17.1. The van der Waals surface area contributed by atoms with Gasteiger partial charge in [-0.05, 0) is 49.1 Å². The lowest BCUT2D eigenvalue weighted by Crippen LogP contribution is -2.54. The predicted octanol–water partition coefficient (Wildman–Crippen LogP) is 4.60. The van der Waals surface area contributed by atoms with Crippen molar-refractivity contribution in [2.75, 3.05) is 30.7 Å². The first-order chi connectivity index (χ1) is 14.5. The summed E-state index contributed by atoms with van der Waals surface area (Å²) in [7, 11) is 0. The molecule has 0 aliphatic carbocycles. The minimum Gasteiger partial charge on any atom is -0.324 e. The fourth-order valence-electron chi connectivity index (χ4n) is 4.22. The number of likely N-dealkylation sites (tertiary alicyclic amines) is 1. The van der Waals surface area contributed by atoms with Crippen LogP contribution in [-0.2, 0) is 6.42 Å². The van der Waals surface area contributed by atoms with Gasteiger partial charge in [-0.25, -0.2) is 9.18 Å². The fraction of sp³-hybridized carbons (Fsp3) is 0.391. The quantitative estimate of drug-likeness (QED) is 0.779. The number of nitrogens with one attached hydrogen (secondary N) is 1. The largest absolute Gasteiger partial charge is 0.324 e. The highest BCUT2D eigenvalue weighted by atomic mass is 32.2. The van der Waals surface area contributed by atoms with Gasteiger partial charge in [-0.1, -0.05) is 31.2 Å². The smallest absolute Gasteiger partial charge is 0.321 e. The average Bonchev–Trinajstić information content (AvgIpc) is 3.17. The van der Waals surface area contributed by atoms with E-state index < -0.39 is 5.82 Å². The molecule has 2 aromatic rings. The van der Waals surface area contributed by atoms with Gasteiger partial charge >= 0.3 is 6.03 Å². The molecule has 158 valence electrons. The third-order valence-electron chi connectivity index (χ3n) is 5.95. The summed E-state index contributed by atoms with van der Waals surface area (Å²) in [6, 6.07) is 13.9. The number of thioether (sulfide) groups is 1. The monoisotopic (exact) mass is 427 g/mol. The minimum atomic E-state index is -0.485. The highest BCUT2D eigenvalue weighted by Gasteiger charge is 2.47. The number of carbonyl (C=O) groups is 2. The van der Waals surface area contributed by atoms with E-state index in [1.807, 2.05) is 29.2 Å². The van der Waals surface area contributed by atoms with E-state index in [0.717, 1.165) is 17.9 Å². The molecule has 2 heterocycles. The Bertz CT molecular complexity index is 944. The molecule has 30 heavy (non-hydrogen) atoms. The highest BCUT2D eigenvalue weighted by molar-refractivity contribution is 8.00. The number of nitrogens with zero attached hydrogens (tertiary/aromatic N) is 2. The lowest BCUT2D eigenvalue weighted by atomic mass is 10.0. The second kappa shape index (κ2) is 8.68. The number of piperidine rings is 1. The summed E-state index contributed by atoms with van der Waals surface area (Å²) in [6.07, 6.45) is 2.28. The number of anilines is 1. The predicted molar refractivity (Wildman–Crippen MR) is 118 cm³/mol. The van der Waals surface area contributed by atoms with Crippen LogP contribution in [0.5, 0.6) is 0 Å². The molecule has 2 fully saturated rings. The van der Waals surface area contributed by atoms with Crippen LogP contribution in [0, 0.1) is 5.82 Å². The van der Waals surface area contributed by atoms with Crippen molar-refractivity contribution in [3.63, 3.8) is 0 Å². The Morgan fingerprint density at radius 1 is 1.10 bits per heavy atom. The van der Waals surface area contributed by atoms with Crippen LogP contribution in [0.4, 0.5) is 14.9 Å². The molecule has 2 saturated heterocycles. The van der Waals surface area contributed by atoms with Crippen molar-refractivity contribution in [2.45, 2.75) is 31.1 Å². The molecular formula is C23H26FN3O2S. The topological polar surface area (TPSA) is 52.7 Å². The Hall–Kier alpha value is -2.54. The fourth-order valence-corrected chi connectivity index (χ4v) is 5.68. The van der Waals surface area contributed by atoms with Crippen LogP contribution in [0.2, 0.25) is 0 Å². The first-order valence-corrected chi connectivity index (χ1v) is 11.4. The highest BCUT2D eigenvalue weighted by Crippen LogP contribution is 2.44. The van der Waals surface area contributed by atoms with Gasteiger partial charge in [0.1, 0.15) is 5.82 Å². The Morgan fingerprint density at radius 2 is 1.87 bits per heavy atom. The number of aryl methyl sites for hydroxylation is 1. The van der Waals surface area contributed by atoms with Crippen molar-refractivity contribution >= 4 is 29.4 Å². The van der Waals surface area contributed by atoms with Gasteiger partial charge in [-0.15, -0.1) is 11.8 Å². The van der Waals surface area contributed by atoms with E-state index in [4.69, 9.17) is 0 Å². The molecule has 0 aromatic heterocycles. The summed E-state index contributed by atoms with van der Waals surface area (Å²) in [4.78, 5) is 29.0. The molecule has 4 rings (SSSR count). The maximum absolute atomic E-state index is 14.2. The molecular weight excluding hydrogens is 401 g/mol. The Morgan fingerprint density at radius 3 is 2.60 bits per heavy atom. The summed E-state index contributed by atoms with van der Waals surface area (Å²) in [5.41, 5.74) is 2.09. The van der Waals surface area contributed by atoms with Crippen LogP contribution in [-0.4, -0.2) is 52.0 Å². The maximum Gasteiger partial charge on any atom is 0.321 e. The van der Waals surface area contributed by atoms with Gasteiger partial charge < -0.3 is 15.1 Å². The van der Waals surface area contributed by atoms with Crippen molar-refractivity contribution < 1.29 is 14.0 Å². The first-order valence-electron chi connectivity index (χ1n) is 10.4. The zero-order chi connectivity index (χ0) is 21.1. The van der Waals surface area contributed by atoms with Gasteiger partial charge in [-0.3, -0.25) is 4.79 Å². The second-order valence-corrected chi connectivity index (χ2v) is 9.16. The second-order valence-electron chi connectivity index (χ2n) is 7.70. The average molecular weight is 428 g/mol. The molecule has 2 aliphatic rings. The minimum absolute atomic E-state index is 0.118. The summed E-state index contributed by atoms with van der Waals surface area (Å²) >= 11 is 1.75. The van der Waals surface area contributed by atoms with Crippen LogP contribution in [0.15, 0.2) is 48.5 Å². The van der Waals surface area contributed by atoms with E-state index >= 15 is 0 Å². The third-order valence-corrected chi connectivity index (χ3v) is 7.50. The Balaban J connectivity index is 1.41. The lowest BCUT2D eigenvalue weighted by Gasteiger charge is -2.44. The number of halogens is 1. The van der Waals surface area contributed by atoms with Crippen molar-refractivity contribution in [2.24, 2.45) is 0 Å². The van der Waals surface area contributed by atoms with Gasteiger partial charge in [0.15, 0.2) is 0 Å². The maximum atomic E-state index is 14.2. The summed E-state index contributed by atoms with van der Waals surface area (Å²) in [5.74, 6) is 0.0870. The number of amides is 3. The number of urea groups is 1. The number of carbonyl (C=O) groups excluding carboxylic acids is 2. The molecule has 1 spiro atoms. The van der Waals surface area contributed by atoms with Crippen LogP contribution >= 0.6 is 11.8 Å². The first kappa shape index (κ1) is 20.7. The van der Waals surface area contributed by atoms with E-state index in [1.54, 1.807) is 34.9 Å². The van der Waals surface area contributed by atoms with Crippen LogP contribution < -0.4 is 5.32 Å². The molecule has 0 saturated carbocycles. The van der Waals surface area contributed by atoms with Crippen LogP contribution in [0.1, 0.15) is 35.7 Å². The van der Waals surface area contributed by atoms with Crippen molar-refractivity contribution in [3.05, 3.63) is 65.5 Å². The van der Waals surface area contributed by atoms with E-state index in [-0.39, 0.29) is 22.4 Å². The molecule has 1 N–H and O–H groups in total. The molecule has 2 aliphatic heterocycles. The summed E-state index contributed by atoms with van der Waals surface area (Å²) < 4.78 is 14.2. The molecule has 0 bridgehead atoms. The SMILES string of the molecule is CCc1cccc(NC(=O)N2CCC3(CC2)SCCN3C(=O)c2ccccc2F)c1. The van der Waals surface area contributed by atoms with Crippen molar-refractivity contribution in [1.82, 2.24) is 9.80 Å². The van der Waals surface area contributed by atoms with E-state index in [2.05, 4.69) is 12.2 Å². The molecule has 7 heteroatoms. The van der Waals surface area contributed by atoms with Gasteiger partial charge in [0.2, 0.25) is 0 Å². The number of rotatable bonds is 3. The zero-order valence-corrected chi connectivity index (χ0v) is 17.9. The van der Waals surface area contributed by atoms with Crippen LogP contribution in [0.25, 0.3) is 0 Å². The van der Waals surface area contributed by atoms with Gasteiger partial charge in [0, 0.05) is 31.1 Å². The van der Waals surface area contributed by atoms with Crippen LogP contribution in [0.3, 0.4) is 0 Å².